The molecule has 0 fully saturated rings. The average Bonchev–Trinajstić information content (AvgIpc) is 2.96. The van der Waals surface area contributed by atoms with Crippen LogP contribution in [0.15, 0.2) is 46.9 Å². The van der Waals surface area contributed by atoms with Crippen LogP contribution in [0, 0.1) is 12.7 Å². The Morgan fingerprint density at radius 1 is 1.22 bits per heavy atom. The second kappa shape index (κ2) is 8.21. The zero-order valence-corrected chi connectivity index (χ0v) is 16.3. The average molecular weight is 389 g/mol. The molecule has 0 aliphatic heterocycles. The Hall–Kier alpha value is -2.21. The molecule has 142 valence electrons. The predicted octanol–water partition coefficient (Wildman–Crippen LogP) is 4.61. The zero-order valence-electron chi connectivity index (χ0n) is 15.6. The van der Waals surface area contributed by atoms with E-state index < -0.39 is 0 Å². The molecule has 0 amide bonds. The van der Waals surface area contributed by atoms with Crippen molar-refractivity contribution in [1.82, 2.24) is 10.2 Å². The van der Waals surface area contributed by atoms with Gasteiger partial charge in [-0.15, -0.1) is 0 Å². The Kier molecular flexibility index (Phi) is 5.95. The number of hydrogen-bond donors (Lipinski definition) is 1. The molecule has 1 atom stereocenters. The summed E-state index contributed by atoms with van der Waals surface area (Å²) in [5, 5.41) is 4.52. The van der Waals surface area contributed by atoms with Crippen LogP contribution in [-0.4, -0.2) is 37.9 Å². The van der Waals surface area contributed by atoms with Crippen molar-refractivity contribution in [3.63, 3.8) is 0 Å². The summed E-state index contributed by atoms with van der Waals surface area (Å²) in [6.07, 6.45) is 0. The van der Waals surface area contributed by atoms with Crippen LogP contribution in [-0.2, 0) is 0 Å². The third-order valence-electron chi connectivity index (χ3n) is 4.65. The van der Waals surface area contributed by atoms with Crippen LogP contribution in [0.25, 0.3) is 11.0 Å². The monoisotopic (exact) mass is 388 g/mol. The van der Waals surface area contributed by atoms with Crippen molar-refractivity contribution in [2.75, 3.05) is 27.2 Å². The van der Waals surface area contributed by atoms with Crippen molar-refractivity contribution >= 4 is 28.4 Å². The Labute approximate surface area is 162 Å². The van der Waals surface area contributed by atoms with Gasteiger partial charge in [-0.2, -0.15) is 0 Å². The van der Waals surface area contributed by atoms with Crippen molar-refractivity contribution in [3.8, 4) is 0 Å². The molecule has 27 heavy (non-hydrogen) atoms. The smallest absolute Gasteiger partial charge is 0.212 e. The van der Waals surface area contributed by atoms with Crippen molar-refractivity contribution in [1.29, 1.82) is 0 Å². The van der Waals surface area contributed by atoms with Gasteiger partial charge in [-0.1, -0.05) is 23.7 Å². The van der Waals surface area contributed by atoms with E-state index in [0.717, 1.165) is 5.56 Å². The van der Waals surface area contributed by atoms with Crippen LogP contribution in [0.4, 0.5) is 4.39 Å². The molecule has 0 radical (unpaired) electrons. The number of benzene rings is 2. The molecule has 1 aromatic heterocycles. The number of nitrogens with one attached hydrogen (secondary N) is 1. The maximum atomic E-state index is 13.4. The molecule has 6 heteroatoms. The molecule has 2 aromatic carbocycles. The van der Waals surface area contributed by atoms with Gasteiger partial charge in [0.05, 0.1) is 6.54 Å². The first-order valence-corrected chi connectivity index (χ1v) is 9.09. The molecule has 0 aliphatic rings. The molecule has 3 aromatic rings. The maximum Gasteiger partial charge on any atom is 0.212 e. The number of carbonyl (C=O) groups excluding carboxylic acids is 1. The van der Waals surface area contributed by atoms with Crippen LogP contribution in [0.1, 0.15) is 27.7 Å². The molecule has 0 saturated heterocycles. The summed E-state index contributed by atoms with van der Waals surface area (Å²) in [5.41, 5.74) is 2.29. The van der Waals surface area contributed by atoms with Gasteiger partial charge in [0.25, 0.3) is 0 Å². The fourth-order valence-electron chi connectivity index (χ4n) is 3.15. The second-order valence-electron chi connectivity index (χ2n) is 6.78. The van der Waals surface area contributed by atoms with E-state index in [4.69, 9.17) is 16.0 Å². The number of hydrogen-bond acceptors (Lipinski definition) is 4. The highest BCUT2D eigenvalue weighted by Crippen LogP contribution is 2.26. The molecule has 3 rings (SSSR count). The standard InChI is InChI=1S/C21H22ClFN2O2/c1-13-17-10-16(23)8-9-20(17)27-21(13)19(26)12-24-11-18(25(2)3)14-4-6-15(22)7-5-14/h4-10,18,24H,11-12H2,1-3H3. The first kappa shape index (κ1) is 19.5. The van der Waals surface area contributed by atoms with Crippen LogP contribution < -0.4 is 5.32 Å². The number of fused-ring (bicyclic) bond motifs is 1. The lowest BCUT2D eigenvalue weighted by molar-refractivity contribution is 0.0963. The van der Waals surface area contributed by atoms with E-state index in [1.54, 1.807) is 13.0 Å². The summed E-state index contributed by atoms with van der Waals surface area (Å²) < 4.78 is 19.1. The summed E-state index contributed by atoms with van der Waals surface area (Å²) in [5.74, 6) is -0.228. The quantitative estimate of drug-likeness (QED) is 0.600. The van der Waals surface area contributed by atoms with Gasteiger partial charge < -0.3 is 14.6 Å². The first-order chi connectivity index (χ1) is 12.9. The van der Waals surface area contributed by atoms with Gasteiger partial charge in [0.1, 0.15) is 11.4 Å². The molecule has 1 heterocycles. The number of rotatable bonds is 7. The largest absolute Gasteiger partial charge is 0.453 e. The third-order valence-corrected chi connectivity index (χ3v) is 4.90. The predicted molar refractivity (Wildman–Crippen MR) is 106 cm³/mol. The molecular weight excluding hydrogens is 367 g/mol. The van der Waals surface area contributed by atoms with E-state index in [1.807, 2.05) is 38.4 Å². The van der Waals surface area contributed by atoms with Gasteiger partial charge in [0.2, 0.25) is 5.78 Å². The van der Waals surface area contributed by atoms with E-state index >= 15 is 0 Å². The minimum Gasteiger partial charge on any atom is -0.453 e. The van der Waals surface area contributed by atoms with E-state index in [-0.39, 0.29) is 29.9 Å². The van der Waals surface area contributed by atoms with Crippen LogP contribution in [0.5, 0.6) is 0 Å². The van der Waals surface area contributed by atoms with Gasteiger partial charge in [0, 0.05) is 28.6 Å². The molecule has 0 bridgehead atoms. The molecule has 0 spiro atoms. The van der Waals surface area contributed by atoms with Crippen LogP contribution >= 0.6 is 11.6 Å². The summed E-state index contributed by atoms with van der Waals surface area (Å²) in [4.78, 5) is 14.7. The van der Waals surface area contributed by atoms with Crippen LogP contribution in [0.3, 0.4) is 0 Å². The second-order valence-corrected chi connectivity index (χ2v) is 7.22. The molecular formula is C21H22ClFN2O2. The molecule has 4 nitrogen and oxygen atoms in total. The number of ketones is 1. The van der Waals surface area contributed by atoms with Gasteiger partial charge in [-0.25, -0.2) is 4.39 Å². The molecule has 0 aliphatic carbocycles. The number of aryl methyl sites for hydroxylation is 1. The summed E-state index contributed by atoms with van der Waals surface area (Å²) in [6.45, 7) is 2.50. The Balaban J connectivity index is 1.68. The topological polar surface area (TPSA) is 45.5 Å². The van der Waals surface area contributed by atoms with E-state index in [2.05, 4.69) is 10.2 Å². The summed E-state index contributed by atoms with van der Waals surface area (Å²) >= 11 is 5.96. The van der Waals surface area contributed by atoms with Crippen LogP contribution in [0.2, 0.25) is 5.02 Å². The Morgan fingerprint density at radius 2 is 1.93 bits per heavy atom. The molecule has 1 unspecified atom stereocenters. The summed E-state index contributed by atoms with van der Waals surface area (Å²) in [6, 6.07) is 12.0. The van der Waals surface area contributed by atoms with Crippen molar-refractivity contribution in [2.24, 2.45) is 0 Å². The maximum absolute atomic E-state index is 13.4. The highest BCUT2D eigenvalue weighted by molar-refractivity contribution is 6.30. The van der Waals surface area contributed by atoms with Gasteiger partial charge in [-0.05, 0) is 56.9 Å². The Bertz CT molecular complexity index is 951. The first-order valence-electron chi connectivity index (χ1n) is 8.71. The highest BCUT2D eigenvalue weighted by atomic mass is 35.5. The van der Waals surface area contributed by atoms with Gasteiger partial charge in [-0.3, -0.25) is 4.79 Å². The van der Waals surface area contributed by atoms with Gasteiger partial charge in [0.15, 0.2) is 5.76 Å². The number of likely N-dealkylation sites (N-methyl/N-ethyl adjacent to an activating group) is 1. The molecule has 1 N–H and O–H groups in total. The lowest BCUT2D eigenvalue weighted by Gasteiger charge is -2.25. The van der Waals surface area contributed by atoms with Crippen molar-refractivity contribution in [3.05, 3.63) is 70.2 Å². The lowest BCUT2D eigenvalue weighted by atomic mass is 10.1. The number of halogens is 2. The zero-order chi connectivity index (χ0) is 19.6. The van der Waals surface area contributed by atoms with E-state index in [1.165, 1.54) is 12.1 Å². The minimum atomic E-state index is -0.347. The Morgan fingerprint density at radius 3 is 2.59 bits per heavy atom. The fraction of sp³-hybridized carbons (Fsp3) is 0.286. The van der Waals surface area contributed by atoms with E-state index in [9.17, 15) is 9.18 Å². The number of carbonyl (C=O) groups is 1. The normalized spacial score (nSPS) is 12.7. The fourth-order valence-corrected chi connectivity index (χ4v) is 3.27. The lowest BCUT2D eigenvalue weighted by Crippen LogP contribution is -2.33. The number of furan rings is 1. The number of Topliss-reactive ketones (excluding diaryl/α,β-unsaturated/α-hetero) is 1. The third kappa shape index (κ3) is 4.38. The summed E-state index contributed by atoms with van der Waals surface area (Å²) in [7, 11) is 3.97. The van der Waals surface area contributed by atoms with Crippen molar-refractivity contribution in [2.45, 2.75) is 13.0 Å². The van der Waals surface area contributed by atoms with Gasteiger partial charge >= 0.3 is 0 Å². The highest BCUT2D eigenvalue weighted by Gasteiger charge is 2.19. The van der Waals surface area contributed by atoms with Crippen molar-refractivity contribution < 1.29 is 13.6 Å². The number of nitrogens with zero attached hydrogens (tertiary/aromatic N) is 1. The van der Waals surface area contributed by atoms with E-state index in [0.29, 0.717) is 28.1 Å². The molecule has 0 saturated carbocycles. The SMILES string of the molecule is Cc1c(C(=O)CNCC(c2ccc(Cl)cc2)N(C)C)oc2ccc(F)cc12. The minimum absolute atomic E-state index is 0.0981.